The summed E-state index contributed by atoms with van der Waals surface area (Å²) >= 11 is 0. The largest absolute Gasteiger partial charge is 0.389 e. The lowest BCUT2D eigenvalue weighted by molar-refractivity contribution is -0.227. The SMILES string of the molecule is C=C1CCC2C3CCC4CC(=O)CCC4(C)C3(O)CCC12C. The van der Waals surface area contributed by atoms with Crippen LogP contribution in [0, 0.1) is 28.6 Å². The Kier molecular flexibility index (Phi) is 3.03. The number of carbonyl (C=O) groups excluding carboxylic acids is 1. The normalized spacial score (nSPS) is 54.6. The zero-order valence-corrected chi connectivity index (χ0v) is 14.2. The van der Waals surface area contributed by atoms with Crippen molar-refractivity contribution in [1.29, 1.82) is 0 Å². The Bertz CT molecular complexity index is 538. The summed E-state index contributed by atoms with van der Waals surface area (Å²) in [6.45, 7) is 9.04. The summed E-state index contributed by atoms with van der Waals surface area (Å²) in [7, 11) is 0. The zero-order chi connectivity index (χ0) is 15.8. The van der Waals surface area contributed by atoms with Gasteiger partial charge in [-0.25, -0.2) is 0 Å². The molecule has 0 amide bonds. The average Bonchev–Trinajstić information content (AvgIpc) is 2.77. The lowest BCUT2D eigenvalue weighted by Gasteiger charge is -2.64. The summed E-state index contributed by atoms with van der Waals surface area (Å²) in [5, 5.41) is 11.8. The van der Waals surface area contributed by atoms with E-state index < -0.39 is 5.60 Å². The third-order valence-electron chi connectivity index (χ3n) is 8.62. The van der Waals surface area contributed by atoms with Crippen LogP contribution in [0.5, 0.6) is 0 Å². The van der Waals surface area contributed by atoms with Crippen LogP contribution in [0.4, 0.5) is 0 Å². The number of ketones is 1. The molecule has 4 aliphatic rings. The molecule has 0 aromatic carbocycles. The second-order valence-electron chi connectivity index (χ2n) is 9.13. The number of hydrogen-bond donors (Lipinski definition) is 1. The average molecular weight is 302 g/mol. The van der Waals surface area contributed by atoms with E-state index in [4.69, 9.17) is 0 Å². The highest BCUT2D eigenvalue weighted by molar-refractivity contribution is 5.79. The lowest BCUT2D eigenvalue weighted by Crippen LogP contribution is -2.65. The van der Waals surface area contributed by atoms with E-state index in [1.807, 2.05) is 0 Å². The highest BCUT2D eigenvalue weighted by Gasteiger charge is 2.65. The molecule has 0 aromatic heterocycles. The molecule has 122 valence electrons. The van der Waals surface area contributed by atoms with E-state index in [0.29, 0.717) is 36.4 Å². The molecule has 0 aliphatic heterocycles. The maximum absolute atomic E-state index is 11.9. The fraction of sp³-hybridized carbons (Fsp3) is 0.850. The third kappa shape index (κ3) is 1.63. The van der Waals surface area contributed by atoms with Crippen LogP contribution in [-0.2, 0) is 4.79 Å². The van der Waals surface area contributed by atoms with E-state index >= 15 is 0 Å². The highest BCUT2D eigenvalue weighted by atomic mass is 16.3. The van der Waals surface area contributed by atoms with E-state index in [9.17, 15) is 9.90 Å². The number of Topliss-reactive ketones (excluding diaryl/α,β-unsaturated/α-hetero) is 1. The number of allylic oxidation sites excluding steroid dienone is 1. The summed E-state index contributed by atoms with van der Waals surface area (Å²) in [6.07, 6.45) is 8.87. The Morgan fingerprint density at radius 1 is 1.05 bits per heavy atom. The van der Waals surface area contributed by atoms with Crippen LogP contribution < -0.4 is 0 Å². The first-order valence-corrected chi connectivity index (χ1v) is 9.23. The summed E-state index contributed by atoms with van der Waals surface area (Å²) in [5.41, 5.74) is 1.08. The fourth-order valence-corrected chi connectivity index (χ4v) is 6.90. The molecule has 0 bridgehead atoms. The molecular formula is C20H30O2. The Balaban J connectivity index is 1.72. The van der Waals surface area contributed by atoms with Crippen molar-refractivity contribution in [3.63, 3.8) is 0 Å². The van der Waals surface area contributed by atoms with Gasteiger partial charge in [0.05, 0.1) is 5.60 Å². The molecule has 1 N–H and O–H groups in total. The second kappa shape index (κ2) is 4.47. The van der Waals surface area contributed by atoms with Gasteiger partial charge in [0.25, 0.3) is 0 Å². The van der Waals surface area contributed by atoms with E-state index in [2.05, 4.69) is 20.4 Å². The van der Waals surface area contributed by atoms with Crippen LogP contribution in [0.1, 0.15) is 71.6 Å². The molecule has 4 aliphatic carbocycles. The molecule has 2 nitrogen and oxygen atoms in total. The first-order chi connectivity index (χ1) is 10.3. The van der Waals surface area contributed by atoms with Crippen molar-refractivity contribution in [2.24, 2.45) is 28.6 Å². The maximum Gasteiger partial charge on any atom is 0.133 e. The predicted molar refractivity (Wildman–Crippen MR) is 87.3 cm³/mol. The van der Waals surface area contributed by atoms with Gasteiger partial charge in [0, 0.05) is 18.3 Å². The van der Waals surface area contributed by atoms with Crippen LogP contribution in [-0.4, -0.2) is 16.5 Å². The summed E-state index contributed by atoms with van der Waals surface area (Å²) in [5.74, 6) is 1.84. The van der Waals surface area contributed by atoms with Gasteiger partial charge in [0.2, 0.25) is 0 Å². The predicted octanol–water partition coefficient (Wildman–Crippen LogP) is 4.27. The van der Waals surface area contributed by atoms with Crippen LogP contribution in [0.15, 0.2) is 12.2 Å². The summed E-state index contributed by atoms with van der Waals surface area (Å²) in [4.78, 5) is 11.9. The smallest absolute Gasteiger partial charge is 0.133 e. The fourth-order valence-electron chi connectivity index (χ4n) is 6.90. The first-order valence-electron chi connectivity index (χ1n) is 9.23. The molecular weight excluding hydrogens is 272 g/mol. The Morgan fingerprint density at radius 2 is 1.82 bits per heavy atom. The van der Waals surface area contributed by atoms with E-state index in [1.165, 1.54) is 12.0 Å². The van der Waals surface area contributed by atoms with Crippen molar-refractivity contribution in [2.75, 3.05) is 0 Å². The van der Waals surface area contributed by atoms with Crippen molar-refractivity contribution in [1.82, 2.24) is 0 Å². The molecule has 0 aromatic rings. The standard InChI is InChI=1S/C20H30O2/c1-13-4-6-16-17-7-5-14-12-15(21)8-9-19(14,3)20(17,22)11-10-18(13,16)2/h14,16-17,22H,1,4-12H2,2-3H3. The summed E-state index contributed by atoms with van der Waals surface area (Å²) < 4.78 is 0. The van der Waals surface area contributed by atoms with Crippen molar-refractivity contribution in [3.05, 3.63) is 12.2 Å². The van der Waals surface area contributed by atoms with Crippen molar-refractivity contribution in [2.45, 2.75) is 77.2 Å². The minimum Gasteiger partial charge on any atom is -0.389 e. The topological polar surface area (TPSA) is 37.3 Å². The maximum atomic E-state index is 11.9. The molecule has 4 saturated carbocycles. The Morgan fingerprint density at radius 3 is 2.59 bits per heavy atom. The molecule has 4 fully saturated rings. The minimum atomic E-state index is -0.550. The van der Waals surface area contributed by atoms with Gasteiger partial charge in [-0.3, -0.25) is 4.79 Å². The first kappa shape index (κ1) is 14.9. The third-order valence-corrected chi connectivity index (χ3v) is 8.62. The van der Waals surface area contributed by atoms with Gasteiger partial charge in [0.15, 0.2) is 0 Å². The van der Waals surface area contributed by atoms with E-state index in [0.717, 1.165) is 38.5 Å². The van der Waals surface area contributed by atoms with Crippen LogP contribution in [0.3, 0.4) is 0 Å². The molecule has 0 radical (unpaired) electrons. The number of fused-ring (bicyclic) bond motifs is 5. The Labute approximate surface area is 134 Å². The molecule has 22 heavy (non-hydrogen) atoms. The highest BCUT2D eigenvalue weighted by Crippen LogP contribution is 2.68. The molecule has 0 saturated heterocycles. The van der Waals surface area contributed by atoms with Gasteiger partial charge in [-0.05, 0) is 68.1 Å². The number of hydrogen-bond acceptors (Lipinski definition) is 2. The van der Waals surface area contributed by atoms with E-state index in [1.54, 1.807) is 0 Å². The van der Waals surface area contributed by atoms with Gasteiger partial charge < -0.3 is 5.11 Å². The minimum absolute atomic E-state index is 0.0465. The molecule has 2 heteroatoms. The van der Waals surface area contributed by atoms with Gasteiger partial charge in [-0.2, -0.15) is 0 Å². The zero-order valence-electron chi connectivity index (χ0n) is 14.2. The van der Waals surface area contributed by atoms with Gasteiger partial charge >= 0.3 is 0 Å². The van der Waals surface area contributed by atoms with Gasteiger partial charge in [-0.15, -0.1) is 0 Å². The second-order valence-corrected chi connectivity index (χ2v) is 9.13. The van der Waals surface area contributed by atoms with Crippen molar-refractivity contribution in [3.8, 4) is 0 Å². The molecule has 0 heterocycles. The van der Waals surface area contributed by atoms with Crippen LogP contribution in [0.25, 0.3) is 0 Å². The molecule has 4 rings (SSSR count). The molecule has 6 atom stereocenters. The van der Waals surface area contributed by atoms with Gasteiger partial charge in [-0.1, -0.05) is 26.0 Å². The molecule has 6 unspecified atom stereocenters. The number of carbonyl (C=O) groups is 1. The molecule has 0 spiro atoms. The summed E-state index contributed by atoms with van der Waals surface area (Å²) in [6, 6.07) is 0. The van der Waals surface area contributed by atoms with Crippen LogP contribution in [0.2, 0.25) is 0 Å². The van der Waals surface area contributed by atoms with Crippen molar-refractivity contribution >= 4 is 5.78 Å². The monoisotopic (exact) mass is 302 g/mol. The van der Waals surface area contributed by atoms with E-state index in [-0.39, 0.29) is 10.8 Å². The van der Waals surface area contributed by atoms with Crippen molar-refractivity contribution < 1.29 is 9.90 Å². The lowest BCUT2D eigenvalue weighted by atomic mass is 9.43. The quantitative estimate of drug-likeness (QED) is 0.679. The van der Waals surface area contributed by atoms with Gasteiger partial charge in [0.1, 0.15) is 5.78 Å². The number of rotatable bonds is 0. The Hall–Kier alpha value is -0.630. The number of aliphatic hydroxyl groups is 1. The van der Waals surface area contributed by atoms with Crippen LogP contribution >= 0.6 is 0 Å².